The number of aryl methyl sites for hydroxylation is 1. The molecule has 2 aromatic carbocycles. The van der Waals surface area contributed by atoms with Crippen molar-refractivity contribution in [1.82, 2.24) is 4.90 Å². The van der Waals surface area contributed by atoms with E-state index in [0.29, 0.717) is 0 Å². The topological polar surface area (TPSA) is 23.6 Å². The highest BCUT2D eigenvalue weighted by Crippen LogP contribution is 2.24. The van der Waals surface area contributed by atoms with Gasteiger partial charge < -0.3 is 9.80 Å². The zero-order valence-corrected chi connectivity index (χ0v) is 14.1. The molecule has 0 aliphatic carbocycles. The largest absolute Gasteiger partial charge is 0.367 e. The van der Waals surface area contributed by atoms with E-state index >= 15 is 0 Å². The van der Waals surface area contributed by atoms with Crippen LogP contribution in [0.2, 0.25) is 0 Å². The van der Waals surface area contributed by atoms with Gasteiger partial charge in [-0.2, -0.15) is 0 Å². The Kier molecular flexibility index (Phi) is 4.37. The SMILES string of the molecule is Cc1ccc(N2CC(C)N(C(=O)c3ccccc3)C(C)C2)cc1. The molecule has 1 amide bonds. The summed E-state index contributed by atoms with van der Waals surface area (Å²) >= 11 is 0. The van der Waals surface area contributed by atoms with E-state index < -0.39 is 0 Å². The minimum Gasteiger partial charge on any atom is -0.367 e. The normalized spacial score (nSPS) is 21.3. The van der Waals surface area contributed by atoms with Crippen LogP contribution in [0.1, 0.15) is 29.8 Å². The molecule has 2 aromatic rings. The van der Waals surface area contributed by atoms with Crippen LogP contribution in [0.3, 0.4) is 0 Å². The highest BCUT2D eigenvalue weighted by atomic mass is 16.2. The number of carbonyl (C=O) groups excluding carboxylic acids is 1. The lowest BCUT2D eigenvalue weighted by atomic mass is 10.0. The second-order valence-electron chi connectivity index (χ2n) is 6.52. The van der Waals surface area contributed by atoms with E-state index in [1.54, 1.807) is 0 Å². The summed E-state index contributed by atoms with van der Waals surface area (Å²) in [4.78, 5) is 17.2. The molecule has 0 bridgehead atoms. The highest BCUT2D eigenvalue weighted by Gasteiger charge is 2.33. The van der Waals surface area contributed by atoms with E-state index in [9.17, 15) is 4.79 Å². The zero-order chi connectivity index (χ0) is 16.4. The maximum absolute atomic E-state index is 12.8. The molecule has 3 rings (SSSR count). The van der Waals surface area contributed by atoms with E-state index in [0.717, 1.165) is 18.7 Å². The monoisotopic (exact) mass is 308 g/mol. The van der Waals surface area contributed by atoms with Crippen molar-refractivity contribution < 1.29 is 4.79 Å². The van der Waals surface area contributed by atoms with Crippen LogP contribution in [-0.2, 0) is 0 Å². The van der Waals surface area contributed by atoms with Gasteiger partial charge in [-0.25, -0.2) is 0 Å². The number of nitrogens with zero attached hydrogens (tertiary/aromatic N) is 2. The number of hydrogen-bond acceptors (Lipinski definition) is 2. The first kappa shape index (κ1) is 15.6. The van der Waals surface area contributed by atoms with Gasteiger partial charge in [0.2, 0.25) is 0 Å². The molecule has 120 valence electrons. The van der Waals surface area contributed by atoms with Crippen molar-refractivity contribution in [3.63, 3.8) is 0 Å². The van der Waals surface area contributed by atoms with E-state index in [1.807, 2.05) is 35.2 Å². The average Bonchev–Trinajstić information content (AvgIpc) is 2.55. The molecule has 0 N–H and O–H groups in total. The molecule has 0 radical (unpaired) electrons. The molecular formula is C20H24N2O. The van der Waals surface area contributed by atoms with Crippen LogP contribution >= 0.6 is 0 Å². The number of rotatable bonds is 2. The van der Waals surface area contributed by atoms with E-state index in [-0.39, 0.29) is 18.0 Å². The third-order valence-electron chi connectivity index (χ3n) is 4.57. The van der Waals surface area contributed by atoms with Gasteiger partial charge in [0.05, 0.1) is 0 Å². The Bertz CT molecular complexity index is 654. The van der Waals surface area contributed by atoms with E-state index in [4.69, 9.17) is 0 Å². The van der Waals surface area contributed by atoms with Crippen LogP contribution in [-0.4, -0.2) is 36.0 Å². The molecule has 1 aliphatic rings. The van der Waals surface area contributed by atoms with Gasteiger partial charge in [0.1, 0.15) is 0 Å². The maximum atomic E-state index is 12.8. The predicted octanol–water partition coefficient (Wildman–Crippen LogP) is 3.73. The van der Waals surface area contributed by atoms with Crippen molar-refractivity contribution in [3.05, 3.63) is 65.7 Å². The van der Waals surface area contributed by atoms with Crippen LogP contribution in [0, 0.1) is 6.92 Å². The first-order chi connectivity index (χ1) is 11.1. The van der Waals surface area contributed by atoms with Crippen LogP contribution in [0.4, 0.5) is 5.69 Å². The summed E-state index contributed by atoms with van der Waals surface area (Å²) in [5.41, 5.74) is 3.28. The van der Waals surface area contributed by atoms with E-state index in [1.165, 1.54) is 11.3 Å². The Labute approximate surface area is 138 Å². The lowest BCUT2D eigenvalue weighted by molar-refractivity contribution is 0.0574. The third kappa shape index (κ3) is 3.24. The lowest BCUT2D eigenvalue weighted by Crippen LogP contribution is -2.58. The van der Waals surface area contributed by atoms with Gasteiger partial charge in [-0.1, -0.05) is 35.9 Å². The number of hydrogen-bond donors (Lipinski definition) is 0. The smallest absolute Gasteiger partial charge is 0.254 e. The van der Waals surface area contributed by atoms with Crippen molar-refractivity contribution >= 4 is 11.6 Å². The molecule has 3 nitrogen and oxygen atoms in total. The Balaban J connectivity index is 1.77. The first-order valence-electron chi connectivity index (χ1n) is 8.25. The molecule has 3 heteroatoms. The minimum absolute atomic E-state index is 0.133. The Hall–Kier alpha value is -2.29. The second kappa shape index (κ2) is 6.45. The summed E-state index contributed by atoms with van der Waals surface area (Å²) in [5.74, 6) is 0.133. The summed E-state index contributed by atoms with van der Waals surface area (Å²) in [5, 5.41) is 0. The summed E-state index contributed by atoms with van der Waals surface area (Å²) in [6.45, 7) is 8.11. The number of benzene rings is 2. The molecule has 1 saturated heterocycles. The molecule has 0 saturated carbocycles. The van der Waals surface area contributed by atoms with Crippen molar-refractivity contribution in [2.75, 3.05) is 18.0 Å². The number of piperazine rings is 1. The van der Waals surface area contributed by atoms with Crippen molar-refractivity contribution in [1.29, 1.82) is 0 Å². The fourth-order valence-corrected chi connectivity index (χ4v) is 3.42. The Morgan fingerprint density at radius 2 is 1.48 bits per heavy atom. The van der Waals surface area contributed by atoms with Crippen molar-refractivity contribution in [3.8, 4) is 0 Å². The average molecular weight is 308 g/mol. The molecule has 0 spiro atoms. The fraction of sp³-hybridized carbons (Fsp3) is 0.350. The van der Waals surface area contributed by atoms with Gasteiger partial charge in [0, 0.05) is 36.4 Å². The fourth-order valence-electron chi connectivity index (χ4n) is 3.42. The van der Waals surface area contributed by atoms with Crippen molar-refractivity contribution in [2.45, 2.75) is 32.9 Å². The molecule has 1 fully saturated rings. The summed E-state index contributed by atoms with van der Waals surface area (Å²) in [6, 6.07) is 18.6. The standard InChI is InChI=1S/C20H24N2O/c1-15-9-11-19(12-10-15)21-13-16(2)22(17(3)14-21)20(23)18-7-5-4-6-8-18/h4-12,16-17H,13-14H2,1-3H3. The van der Waals surface area contributed by atoms with Gasteiger partial charge >= 0.3 is 0 Å². The van der Waals surface area contributed by atoms with Gasteiger partial charge in [0.15, 0.2) is 0 Å². The third-order valence-corrected chi connectivity index (χ3v) is 4.57. The second-order valence-corrected chi connectivity index (χ2v) is 6.52. The maximum Gasteiger partial charge on any atom is 0.254 e. The zero-order valence-electron chi connectivity index (χ0n) is 14.1. The molecule has 2 unspecified atom stereocenters. The molecule has 0 aromatic heterocycles. The molecule has 1 heterocycles. The Morgan fingerprint density at radius 3 is 2.04 bits per heavy atom. The number of anilines is 1. The lowest BCUT2D eigenvalue weighted by Gasteiger charge is -2.45. The van der Waals surface area contributed by atoms with Crippen LogP contribution in [0.25, 0.3) is 0 Å². The first-order valence-corrected chi connectivity index (χ1v) is 8.25. The highest BCUT2D eigenvalue weighted by molar-refractivity contribution is 5.94. The molecule has 2 atom stereocenters. The molecule has 1 aliphatic heterocycles. The van der Waals surface area contributed by atoms with Gasteiger partial charge in [-0.05, 0) is 45.0 Å². The van der Waals surface area contributed by atoms with Crippen LogP contribution in [0.5, 0.6) is 0 Å². The van der Waals surface area contributed by atoms with Gasteiger partial charge in [0.25, 0.3) is 5.91 Å². The van der Waals surface area contributed by atoms with Crippen molar-refractivity contribution in [2.24, 2.45) is 0 Å². The van der Waals surface area contributed by atoms with Crippen LogP contribution in [0.15, 0.2) is 54.6 Å². The summed E-state index contributed by atoms with van der Waals surface area (Å²) in [7, 11) is 0. The molecular weight excluding hydrogens is 284 g/mol. The summed E-state index contributed by atoms with van der Waals surface area (Å²) < 4.78 is 0. The van der Waals surface area contributed by atoms with Crippen LogP contribution < -0.4 is 4.90 Å². The quantitative estimate of drug-likeness (QED) is 0.844. The predicted molar refractivity (Wildman–Crippen MR) is 94.9 cm³/mol. The van der Waals surface area contributed by atoms with E-state index in [2.05, 4.69) is 49.9 Å². The number of carbonyl (C=O) groups is 1. The minimum atomic E-state index is 0.133. The van der Waals surface area contributed by atoms with Gasteiger partial charge in [-0.3, -0.25) is 4.79 Å². The molecule has 23 heavy (non-hydrogen) atoms. The summed E-state index contributed by atoms with van der Waals surface area (Å²) in [6.07, 6.45) is 0. The number of amides is 1. The van der Waals surface area contributed by atoms with Gasteiger partial charge in [-0.15, -0.1) is 0 Å². The Morgan fingerprint density at radius 1 is 0.913 bits per heavy atom.